The Morgan fingerprint density at radius 1 is 1.40 bits per heavy atom. The van der Waals surface area contributed by atoms with Crippen LogP contribution in [0.15, 0.2) is 30.3 Å². The molecule has 4 nitrogen and oxygen atoms in total. The van der Waals surface area contributed by atoms with Crippen molar-refractivity contribution in [3.8, 4) is 0 Å². The van der Waals surface area contributed by atoms with Crippen molar-refractivity contribution in [1.29, 1.82) is 0 Å². The molecule has 1 aromatic carbocycles. The van der Waals surface area contributed by atoms with Crippen LogP contribution in [0.5, 0.6) is 0 Å². The number of nitrogens with one attached hydrogen (secondary N) is 1. The summed E-state index contributed by atoms with van der Waals surface area (Å²) in [4.78, 5) is 12.8. The molecule has 1 aromatic heterocycles. The summed E-state index contributed by atoms with van der Waals surface area (Å²) in [6, 6.07) is 9.05. The fourth-order valence-electron chi connectivity index (χ4n) is 1.88. The molecule has 1 heterocycles. The third kappa shape index (κ3) is 3.29. The van der Waals surface area contributed by atoms with Gasteiger partial charge in [0.2, 0.25) is 0 Å². The Hall–Kier alpha value is -1.59. The maximum absolute atomic E-state index is 10.7. The summed E-state index contributed by atoms with van der Waals surface area (Å²) in [5.74, 6) is 0. The molecule has 1 atom stereocenters. The first-order chi connectivity index (χ1) is 9.51. The van der Waals surface area contributed by atoms with Crippen LogP contribution in [0.1, 0.15) is 29.6 Å². The Bertz CT molecular complexity index is 627. The molecule has 6 heteroatoms. The molecule has 0 bridgehead atoms. The lowest BCUT2D eigenvalue weighted by atomic mass is 10.2. The fraction of sp³-hybridized carbons (Fsp3) is 0.286. The van der Waals surface area contributed by atoms with Crippen molar-refractivity contribution in [2.24, 2.45) is 0 Å². The van der Waals surface area contributed by atoms with E-state index in [9.17, 15) is 10.1 Å². The topological polar surface area (TPSA) is 55.2 Å². The van der Waals surface area contributed by atoms with Crippen LogP contribution in [0.4, 0.5) is 11.4 Å². The van der Waals surface area contributed by atoms with Crippen molar-refractivity contribution >= 4 is 34.3 Å². The van der Waals surface area contributed by atoms with Gasteiger partial charge in [-0.05, 0) is 37.6 Å². The molecule has 0 aliphatic carbocycles. The van der Waals surface area contributed by atoms with Gasteiger partial charge < -0.3 is 5.32 Å². The Morgan fingerprint density at radius 3 is 2.70 bits per heavy atom. The number of benzene rings is 1. The average Bonchev–Trinajstić information content (AvgIpc) is 2.87. The highest BCUT2D eigenvalue weighted by Crippen LogP contribution is 2.30. The second-order valence-electron chi connectivity index (χ2n) is 4.45. The monoisotopic (exact) mass is 310 g/mol. The molecule has 20 heavy (non-hydrogen) atoms. The van der Waals surface area contributed by atoms with E-state index in [4.69, 9.17) is 11.6 Å². The van der Waals surface area contributed by atoms with E-state index in [1.165, 1.54) is 15.8 Å². The van der Waals surface area contributed by atoms with E-state index in [1.54, 1.807) is 23.5 Å². The summed E-state index contributed by atoms with van der Waals surface area (Å²) in [6.45, 7) is 4.18. The van der Waals surface area contributed by atoms with Gasteiger partial charge in [0, 0.05) is 21.5 Å². The predicted octanol–water partition coefficient (Wildman–Crippen LogP) is 5.05. The van der Waals surface area contributed by atoms with Gasteiger partial charge >= 0.3 is 0 Å². The van der Waals surface area contributed by atoms with Crippen molar-refractivity contribution < 1.29 is 4.92 Å². The maximum Gasteiger partial charge on any atom is 0.288 e. The summed E-state index contributed by atoms with van der Waals surface area (Å²) in [5.41, 5.74) is 0.703. The number of nitro benzene ring substituents is 1. The van der Waals surface area contributed by atoms with Crippen molar-refractivity contribution in [3.63, 3.8) is 0 Å². The molecule has 0 amide bonds. The number of aryl methyl sites for hydroxylation is 1. The minimum absolute atomic E-state index is 0.0748. The molecule has 0 aliphatic heterocycles. The van der Waals surface area contributed by atoms with Gasteiger partial charge in [0.05, 0.1) is 11.0 Å². The summed E-state index contributed by atoms with van der Waals surface area (Å²) in [5, 5.41) is 14.2. The first kappa shape index (κ1) is 14.8. The van der Waals surface area contributed by atoms with Crippen LogP contribution in [0.3, 0.4) is 0 Å². The van der Waals surface area contributed by atoms with Crippen LogP contribution in [-0.2, 0) is 6.42 Å². The summed E-state index contributed by atoms with van der Waals surface area (Å²) < 4.78 is 0. The first-order valence-corrected chi connectivity index (χ1v) is 7.49. The quantitative estimate of drug-likeness (QED) is 0.621. The van der Waals surface area contributed by atoms with Crippen LogP contribution < -0.4 is 5.32 Å². The molecular formula is C14H15ClN2O2S. The number of nitrogens with zero attached hydrogens (tertiary/aromatic N) is 1. The van der Waals surface area contributed by atoms with Crippen molar-refractivity contribution in [2.75, 3.05) is 5.32 Å². The minimum atomic E-state index is -0.484. The largest absolute Gasteiger partial charge is 0.378 e. The SMILES string of the molecule is CCc1ccc(C(C)Nc2ccc([N+](=O)[O-])c(Cl)c2)s1. The lowest BCUT2D eigenvalue weighted by molar-refractivity contribution is -0.384. The molecule has 106 valence electrons. The normalized spacial score (nSPS) is 12.2. The number of hydrogen-bond donors (Lipinski definition) is 1. The van der Waals surface area contributed by atoms with Gasteiger partial charge in [-0.3, -0.25) is 10.1 Å². The van der Waals surface area contributed by atoms with E-state index < -0.39 is 4.92 Å². The predicted molar refractivity (Wildman–Crippen MR) is 83.8 cm³/mol. The van der Waals surface area contributed by atoms with Gasteiger partial charge in [0.15, 0.2) is 0 Å². The Morgan fingerprint density at radius 2 is 2.15 bits per heavy atom. The van der Waals surface area contributed by atoms with E-state index in [2.05, 4.69) is 31.3 Å². The molecule has 1 N–H and O–H groups in total. The highest BCUT2D eigenvalue weighted by molar-refractivity contribution is 7.12. The molecule has 0 saturated carbocycles. The number of thiophene rings is 1. The average molecular weight is 311 g/mol. The third-order valence-corrected chi connectivity index (χ3v) is 4.70. The zero-order valence-electron chi connectivity index (χ0n) is 11.2. The lowest BCUT2D eigenvalue weighted by Gasteiger charge is -2.13. The van der Waals surface area contributed by atoms with Crippen LogP contribution in [0.25, 0.3) is 0 Å². The van der Waals surface area contributed by atoms with E-state index in [0.29, 0.717) is 0 Å². The molecule has 0 radical (unpaired) electrons. The van der Waals surface area contributed by atoms with Gasteiger partial charge in [-0.2, -0.15) is 0 Å². The van der Waals surface area contributed by atoms with Crippen LogP contribution in [0, 0.1) is 10.1 Å². The number of hydrogen-bond acceptors (Lipinski definition) is 4. The molecular weight excluding hydrogens is 296 g/mol. The Kier molecular flexibility index (Phi) is 4.62. The van der Waals surface area contributed by atoms with Crippen LogP contribution in [0.2, 0.25) is 5.02 Å². The lowest BCUT2D eigenvalue weighted by Crippen LogP contribution is -2.04. The molecule has 0 saturated heterocycles. The van der Waals surface area contributed by atoms with Gasteiger partial charge in [-0.15, -0.1) is 11.3 Å². The van der Waals surface area contributed by atoms with Crippen molar-refractivity contribution in [1.82, 2.24) is 0 Å². The maximum atomic E-state index is 10.7. The first-order valence-electron chi connectivity index (χ1n) is 6.30. The zero-order chi connectivity index (χ0) is 14.7. The van der Waals surface area contributed by atoms with Gasteiger partial charge in [0.1, 0.15) is 5.02 Å². The smallest absolute Gasteiger partial charge is 0.288 e. The fourth-order valence-corrected chi connectivity index (χ4v) is 3.09. The van der Waals surface area contributed by atoms with E-state index >= 15 is 0 Å². The third-order valence-electron chi connectivity index (χ3n) is 2.99. The molecule has 0 fully saturated rings. The highest BCUT2D eigenvalue weighted by atomic mass is 35.5. The van der Waals surface area contributed by atoms with E-state index in [0.717, 1.165) is 12.1 Å². The van der Waals surface area contributed by atoms with Gasteiger partial charge in [0.25, 0.3) is 5.69 Å². The molecule has 1 unspecified atom stereocenters. The zero-order valence-corrected chi connectivity index (χ0v) is 12.8. The molecule has 0 spiro atoms. The molecule has 0 aliphatic rings. The summed E-state index contributed by atoms with van der Waals surface area (Å²) >= 11 is 7.67. The minimum Gasteiger partial charge on any atom is -0.378 e. The van der Waals surface area contributed by atoms with Gasteiger partial charge in [-0.1, -0.05) is 18.5 Å². The Labute approximate surface area is 126 Å². The number of anilines is 1. The van der Waals surface area contributed by atoms with Gasteiger partial charge in [-0.25, -0.2) is 0 Å². The van der Waals surface area contributed by atoms with E-state index in [1.807, 2.05) is 0 Å². The van der Waals surface area contributed by atoms with Crippen LogP contribution >= 0.6 is 22.9 Å². The van der Waals surface area contributed by atoms with E-state index in [-0.39, 0.29) is 16.8 Å². The van der Waals surface area contributed by atoms with Crippen molar-refractivity contribution in [3.05, 3.63) is 55.2 Å². The second kappa shape index (κ2) is 6.24. The highest BCUT2D eigenvalue weighted by Gasteiger charge is 2.14. The number of nitro groups is 1. The van der Waals surface area contributed by atoms with Crippen LogP contribution in [-0.4, -0.2) is 4.92 Å². The summed E-state index contributed by atoms with van der Waals surface area (Å²) in [6.07, 6.45) is 1.03. The second-order valence-corrected chi connectivity index (χ2v) is 6.05. The summed E-state index contributed by atoms with van der Waals surface area (Å²) in [7, 11) is 0. The standard InChI is InChI=1S/C14H15ClN2O2S/c1-3-11-5-7-14(20-11)9(2)16-10-4-6-13(17(18)19)12(15)8-10/h4-9,16H,3H2,1-2H3. The Balaban J connectivity index is 2.13. The molecule has 2 aromatic rings. The number of rotatable bonds is 5. The van der Waals surface area contributed by atoms with Crippen molar-refractivity contribution in [2.45, 2.75) is 26.3 Å². The molecule has 2 rings (SSSR count). The number of halogens is 1.